The molecular weight excluding hydrogens is 507 g/mol. The molecule has 9 heteroatoms. The van der Waals surface area contributed by atoms with Crippen LogP contribution in [0.3, 0.4) is 0 Å². The van der Waals surface area contributed by atoms with Gasteiger partial charge < -0.3 is 24.5 Å². The zero-order valence-electron chi connectivity index (χ0n) is 16.9. The quantitative estimate of drug-likeness (QED) is 0.260. The molecule has 2 aromatic carbocycles. The molecule has 0 saturated carbocycles. The molecule has 1 aromatic heterocycles. The summed E-state index contributed by atoms with van der Waals surface area (Å²) in [4.78, 5) is 4.18. The number of para-hydroxylation sites is 1. The van der Waals surface area contributed by atoms with Crippen molar-refractivity contribution in [2.75, 3.05) is 14.2 Å². The van der Waals surface area contributed by atoms with E-state index < -0.39 is 6.61 Å². The van der Waals surface area contributed by atoms with Gasteiger partial charge in [0.25, 0.3) is 0 Å². The maximum atomic E-state index is 12.6. The lowest BCUT2D eigenvalue weighted by molar-refractivity contribution is -0.0512. The fraction of sp³-hybridized carbons (Fsp3) is 0.286. The highest BCUT2D eigenvalue weighted by molar-refractivity contribution is 14.0. The Hall–Kier alpha value is -2.56. The molecule has 2 N–H and O–H groups in total. The Labute approximate surface area is 190 Å². The topological polar surface area (TPSA) is 68.0 Å². The fourth-order valence-electron chi connectivity index (χ4n) is 2.98. The van der Waals surface area contributed by atoms with E-state index >= 15 is 0 Å². The van der Waals surface area contributed by atoms with Gasteiger partial charge in [0, 0.05) is 24.5 Å². The minimum atomic E-state index is -2.92. The summed E-state index contributed by atoms with van der Waals surface area (Å²) in [5, 5.41) is 7.42. The second-order valence-corrected chi connectivity index (χ2v) is 6.29. The van der Waals surface area contributed by atoms with Gasteiger partial charge in [0.2, 0.25) is 0 Å². The zero-order valence-corrected chi connectivity index (χ0v) is 19.2. The van der Waals surface area contributed by atoms with Gasteiger partial charge in [-0.2, -0.15) is 8.78 Å². The maximum absolute atomic E-state index is 12.6. The van der Waals surface area contributed by atoms with Gasteiger partial charge in [0.1, 0.15) is 11.3 Å². The molecule has 0 saturated heterocycles. The Morgan fingerprint density at radius 1 is 1.10 bits per heavy atom. The number of hydrogen-bond donors (Lipinski definition) is 2. The number of fused-ring (bicyclic) bond motifs is 1. The molecule has 0 aliphatic rings. The molecule has 0 radical (unpaired) electrons. The number of nitrogens with one attached hydrogen (secondary N) is 2. The number of furan rings is 1. The molecule has 0 amide bonds. The first kappa shape index (κ1) is 23.7. The third-order valence-corrected chi connectivity index (χ3v) is 4.49. The van der Waals surface area contributed by atoms with Gasteiger partial charge in [0.15, 0.2) is 17.5 Å². The van der Waals surface area contributed by atoms with Crippen LogP contribution in [0.5, 0.6) is 11.5 Å². The number of guanidine groups is 1. The van der Waals surface area contributed by atoms with Crippen LogP contribution in [0.4, 0.5) is 8.78 Å². The van der Waals surface area contributed by atoms with Crippen LogP contribution in [0.1, 0.15) is 16.9 Å². The molecule has 162 valence electrons. The molecule has 3 rings (SSSR count). The summed E-state index contributed by atoms with van der Waals surface area (Å²) < 4.78 is 40.6. The molecule has 0 spiro atoms. The average molecular weight is 531 g/mol. The Morgan fingerprint density at radius 2 is 1.83 bits per heavy atom. The van der Waals surface area contributed by atoms with Crippen LogP contribution >= 0.6 is 24.0 Å². The molecule has 3 aromatic rings. The Balaban J connectivity index is 0.00000320. The summed E-state index contributed by atoms with van der Waals surface area (Å²) in [6.45, 7) is -0.0835. The molecule has 0 aliphatic heterocycles. The lowest BCUT2D eigenvalue weighted by Gasteiger charge is -2.14. The summed E-state index contributed by atoms with van der Waals surface area (Å²) in [5.41, 5.74) is 2.66. The third-order valence-electron chi connectivity index (χ3n) is 4.49. The molecular formula is C21H24F2IN3O3. The first-order valence-electron chi connectivity index (χ1n) is 9.05. The third kappa shape index (κ3) is 5.74. The minimum absolute atomic E-state index is 0. The van der Waals surface area contributed by atoms with E-state index in [0.29, 0.717) is 19.0 Å². The highest BCUT2D eigenvalue weighted by Crippen LogP contribution is 2.29. The van der Waals surface area contributed by atoms with Gasteiger partial charge in [-0.05, 0) is 30.7 Å². The van der Waals surface area contributed by atoms with Crippen molar-refractivity contribution in [1.29, 1.82) is 0 Å². The smallest absolute Gasteiger partial charge is 0.387 e. The van der Waals surface area contributed by atoms with Gasteiger partial charge >= 0.3 is 6.61 Å². The van der Waals surface area contributed by atoms with Crippen LogP contribution in [-0.4, -0.2) is 26.7 Å². The van der Waals surface area contributed by atoms with Crippen LogP contribution < -0.4 is 20.1 Å². The normalized spacial score (nSPS) is 11.3. The van der Waals surface area contributed by atoms with Crippen molar-refractivity contribution in [3.63, 3.8) is 0 Å². The van der Waals surface area contributed by atoms with E-state index in [1.807, 2.05) is 31.2 Å². The van der Waals surface area contributed by atoms with Crippen molar-refractivity contribution in [3.05, 3.63) is 59.4 Å². The van der Waals surface area contributed by atoms with Crippen molar-refractivity contribution in [1.82, 2.24) is 10.6 Å². The van der Waals surface area contributed by atoms with Crippen molar-refractivity contribution < 1.29 is 22.7 Å². The molecule has 6 nitrogen and oxygen atoms in total. The second-order valence-electron chi connectivity index (χ2n) is 6.29. The van der Waals surface area contributed by atoms with Gasteiger partial charge in [-0.15, -0.1) is 24.0 Å². The molecule has 1 heterocycles. The van der Waals surface area contributed by atoms with Crippen LogP contribution in [0.2, 0.25) is 0 Å². The first-order valence-corrected chi connectivity index (χ1v) is 9.05. The predicted octanol–water partition coefficient (Wildman–Crippen LogP) is 4.83. The number of aryl methyl sites for hydroxylation is 1. The SMILES string of the molecule is CN=C(NCc1ccc(OC)c(OC(F)F)c1)NCc1oc2ccccc2c1C.I. The van der Waals surface area contributed by atoms with E-state index in [9.17, 15) is 8.78 Å². The number of hydrogen-bond acceptors (Lipinski definition) is 4. The zero-order chi connectivity index (χ0) is 20.8. The Bertz CT molecular complexity index is 1010. The summed E-state index contributed by atoms with van der Waals surface area (Å²) >= 11 is 0. The summed E-state index contributed by atoms with van der Waals surface area (Å²) in [6.07, 6.45) is 0. The van der Waals surface area contributed by atoms with Gasteiger partial charge in [-0.3, -0.25) is 4.99 Å². The average Bonchev–Trinajstić information content (AvgIpc) is 3.04. The van der Waals surface area contributed by atoms with Crippen LogP contribution in [0.15, 0.2) is 51.9 Å². The lowest BCUT2D eigenvalue weighted by Crippen LogP contribution is -2.36. The number of methoxy groups -OCH3 is 1. The van der Waals surface area contributed by atoms with Gasteiger partial charge in [-0.25, -0.2) is 0 Å². The number of benzene rings is 2. The number of alkyl halides is 2. The van der Waals surface area contributed by atoms with Gasteiger partial charge in [0.05, 0.1) is 13.7 Å². The molecule has 0 atom stereocenters. The fourth-order valence-corrected chi connectivity index (χ4v) is 2.98. The van der Waals surface area contributed by atoms with E-state index in [2.05, 4.69) is 20.4 Å². The molecule has 0 bridgehead atoms. The van der Waals surface area contributed by atoms with Crippen LogP contribution in [0.25, 0.3) is 11.0 Å². The van der Waals surface area contributed by atoms with E-state index in [-0.39, 0.29) is 35.5 Å². The van der Waals surface area contributed by atoms with E-state index in [4.69, 9.17) is 9.15 Å². The van der Waals surface area contributed by atoms with E-state index in [0.717, 1.165) is 27.9 Å². The Kier molecular flexibility index (Phi) is 8.70. The first-order chi connectivity index (χ1) is 14.0. The van der Waals surface area contributed by atoms with E-state index in [1.165, 1.54) is 13.2 Å². The number of rotatable bonds is 7. The molecule has 0 unspecified atom stereocenters. The number of nitrogens with zero attached hydrogens (tertiary/aromatic N) is 1. The molecule has 30 heavy (non-hydrogen) atoms. The van der Waals surface area contributed by atoms with Crippen LogP contribution in [0, 0.1) is 6.92 Å². The molecule has 0 fully saturated rings. The monoisotopic (exact) mass is 531 g/mol. The number of aliphatic imine (C=N–C) groups is 1. The van der Waals surface area contributed by atoms with Crippen molar-refractivity contribution >= 4 is 40.9 Å². The van der Waals surface area contributed by atoms with Crippen LogP contribution in [-0.2, 0) is 13.1 Å². The summed E-state index contributed by atoms with van der Waals surface area (Å²) in [6, 6.07) is 12.7. The lowest BCUT2D eigenvalue weighted by atomic mass is 10.1. The van der Waals surface area contributed by atoms with Gasteiger partial charge in [-0.1, -0.05) is 24.3 Å². The van der Waals surface area contributed by atoms with Crippen molar-refractivity contribution in [2.45, 2.75) is 26.6 Å². The minimum Gasteiger partial charge on any atom is -0.493 e. The Morgan fingerprint density at radius 3 is 2.50 bits per heavy atom. The highest BCUT2D eigenvalue weighted by Gasteiger charge is 2.12. The van der Waals surface area contributed by atoms with E-state index in [1.54, 1.807) is 19.2 Å². The number of ether oxygens (including phenoxy) is 2. The maximum Gasteiger partial charge on any atom is 0.387 e. The highest BCUT2D eigenvalue weighted by atomic mass is 127. The summed E-state index contributed by atoms with van der Waals surface area (Å²) in [5.74, 6) is 1.61. The summed E-state index contributed by atoms with van der Waals surface area (Å²) in [7, 11) is 3.05. The molecule has 0 aliphatic carbocycles. The predicted molar refractivity (Wildman–Crippen MR) is 123 cm³/mol. The van der Waals surface area contributed by atoms with Crippen molar-refractivity contribution in [3.8, 4) is 11.5 Å². The largest absolute Gasteiger partial charge is 0.493 e. The standard InChI is InChI=1S/C21H23F2N3O3.HI/c1-13-15-6-4-5-7-16(15)28-19(13)12-26-21(24-2)25-11-14-8-9-17(27-3)18(10-14)29-20(22)23;/h4-10,20H,11-12H2,1-3H3,(H2,24,25,26);1H. The second kappa shape index (κ2) is 11.0. The van der Waals surface area contributed by atoms with Crippen molar-refractivity contribution in [2.24, 2.45) is 4.99 Å². The number of halogens is 3.